The molecule has 0 bridgehead atoms. The van der Waals surface area contributed by atoms with Crippen molar-refractivity contribution < 1.29 is 9.53 Å². The predicted molar refractivity (Wildman–Crippen MR) is 121 cm³/mol. The highest BCUT2D eigenvalue weighted by Crippen LogP contribution is 2.46. The van der Waals surface area contributed by atoms with E-state index in [0.29, 0.717) is 24.4 Å². The van der Waals surface area contributed by atoms with Gasteiger partial charge < -0.3 is 20.3 Å². The highest BCUT2D eigenvalue weighted by Gasteiger charge is 2.53. The summed E-state index contributed by atoms with van der Waals surface area (Å²) in [6.45, 7) is 13.9. The zero-order chi connectivity index (χ0) is 19.4. The molecule has 1 amide bonds. The maximum atomic E-state index is 12.2. The molecular weight excluding hydrogens is 455 g/mol. The largest absolute Gasteiger partial charge is 0.497 e. The molecule has 1 heterocycles. The van der Waals surface area contributed by atoms with Crippen molar-refractivity contribution in [2.24, 2.45) is 10.4 Å². The average molecular weight is 488 g/mol. The maximum absolute atomic E-state index is 12.2. The number of hydrogen-bond acceptors (Lipinski definition) is 3. The number of ether oxygens (including phenoxy) is 1. The van der Waals surface area contributed by atoms with E-state index >= 15 is 0 Å². The number of methoxy groups -OCH3 is 1. The lowest BCUT2D eigenvalue weighted by Gasteiger charge is -2.62. The Morgan fingerprint density at radius 3 is 2.52 bits per heavy atom. The first-order valence-corrected chi connectivity index (χ1v) is 9.21. The summed E-state index contributed by atoms with van der Waals surface area (Å²) in [6, 6.07) is 7.13. The molecular formula is C20H33IN4O2. The minimum Gasteiger partial charge on any atom is -0.497 e. The van der Waals surface area contributed by atoms with Gasteiger partial charge in [-0.2, -0.15) is 0 Å². The Labute approximate surface area is 180 Å². The van der Waals surface area contributed by atoms with Gasteiger partial charge in [-0.3, -0.25) is 9.79 Å². The summed E-state index contributed by atoms with van der Waals surface area (Å²) >= 11 is 0. The van der Waals surface area contributed by atoms with Crippen LogP contribution in [0.25, 0.3) is 0 Å². The molecule has 6 nitrogen and oxygen atoms in total. The second-order valence-corrected chi connectivity index (χ2v) is 7.75. The molecule has 0 aromatic heterocycles. The van der Waals surface area contributed by atoms with Gasteiger partial charge in [0.1, 0.15) is 5.75 Å². The van der Waals surface area contributed by atoms with Crippen molar-refractivity contribution in [1.82, 2.24) is 15.5 Å². The first-order valence-electron chi connectivity index (χ1n) is 9.21. The molecule has 1 aromatic carbocycles. The summed E-state index contributed by atoms with van der Waals surface area (Å²) in [7, 11) is 1.59. The third kappa shape index (κ3) is 5.27. The van der Waals surface area contributed by atoms with Crippen molar-refractivity contribution in [2.45, 2.75) is 40.2 Å². The van der Waals surface area contributed by atoms with Gasteiger partial charge in [0.15, 0.2) is 5.96 Å². The van der Waals surface area contributed by atoms with Gasteiger partial charge in [0.05, 0.1) is 13.7 Å². The normalized spacial score (nSPS) is 17.4. The molecule has 7 heteroatoms. The number of amides is 1. The number of nitrogens with one attached hydrogen (secondary N) is 2. The van der Waals surface area contributed by atoms with Crippen LogP contribution in [0, 0.1) is 5.41 Å². The van der Waals surface area contributed by atoms with Crippen LogP contribution in [0.3, 0.4) is 0 Å². The molecule has 1 aliphatic rings. The molecule has 2 N–H and O–H groups in total. The number of halogens is 1. The Morgan fingerprint density at radius 1 is 1.26 bits per heavy atom. The first kappa shape index (κ1) is 23.5. The Bertz CT molecular complexity index is 674. The van der Waals surface area contributed by atoms with Crippen LogP contribution in [0.5, 0.6) is 5.75 Å². The van der Waals surface area contributed by atoms with Crippen molar-refractivity contribution in [1.29, 1.82) is 0 Å². The number of rotatable bonds is 6. The van der Waals surface area contributed by atoms with E-state index in [1.807, 2.05) is 12.1 Å². The quantitative estimate of drug-likeness (QED) is 0.280. The van der Waals surface area contributed by atoms with Gasteiger partial charge in [0.2, 0.25) is 0 Å². The lowest BCUT2D eigenvalue weighted by atomic mass is 9.65. The van der Waals surface area contributed by atoms with E-state index in [9.17, 15) is 4.79 Å². The molecule has 0 radical (unpaired) electrons. The Balaban J connectivity index is 0.00000364. The molecule has 1 aliphatic heterocycles. The van der Waals surface area contributed by atoms with Gasteiger partial charge in [-0.15, -0.1) is 24.0 Å². The molecule has 2 rings (SSSR count). The van der Waals surface area contributed by atoms with E-state index in [2.05, 4.69) is 55.1 Å². The fourth-order valence-corrected chi connectivity index (χ4v) is 2.99. The molecule has 1 aromatic rings. The van der Waals surface area contributed by atoms with Crippen LogP contribution in [0.1, 0.15) is 45.0 Å². The van der Waals surface area contributed by atoms with E-state index < -0.39 is 0 Å². The third-order valence-electron chi connectivity index (χ3n) is 5.47. The van der Waals surface area contributed by atoms with Crippen LogP contribution in [0.15, 0.2) is 29.3 Å². The van der Waals surface area contributed by atoms with Crippen LogP contribution >= 0.6 is 24.0 Å². The molecule has 0 atom stereocenters. The van der Waals surface area contributed by atoms with E-state index in [1.54, 1.807) is 19.2 Å². The van der Waals surface area contributed by atoms with Crippen LogP contribution in [-0.2, 0) is 0 Å². The first-order chi connectivity index (χ1) is 12.2. The SMILES string of the molecule is CCNC(=NCCNC(=O)c1cccc(OC)c1)N1CC(C)(C)C1(C)C.I. The second-order valence-electron chi connectivity index (χ2n) is 7.75. The van der Waals surface area contributed by atoms with Gasteiger partial charge >= 0.3 is 0 Å². The lowest BCUT2D eigenvalue weighted by Crippen LogP contribution is -2.72. The van der Waals surface area contributed by atoms with E-state index in [4.69, 9.17) is 4.74 Å². The average Bonchev–Trinajstić information content (AvgIpc) is 2.62. The van der Waals surface area contributed by atoms with E-state index in [-0.39, 0.29) is 40.8 Å². The third-order valence-corrected chi connectivity index (χ3v) is 5.47. The van der Waals surface area contributed by atoms with Crippen molar-refractivity contribution in [3.8, 4) is 5.75 Å². The van der Waals surface area contributed by atoms with Crippen LogP contribution < -0.4 is 15.4 Å². The highest BCUT2D eigenvalue weighted by molar-refractivity contribution is 14.0. The number of aliphatic imine (C=N–C) groups is 1. The molecule has 0 unspecified atom stereocenters. The Hall–Kier alpha value is -1.51. The fourth-order valence-electron chi connectivity index (χ4n) is 2.99. The fraction of sp³-hybridized carbons (Fsp3) is 0.600. The highest BCUT2D eigenvalue weighted by atomic mass is 127. The molecule has 152 valence electrons. The van der Waals surface area contributed by atoms with E-state index in [1.165, 1.54) is 0 Å². The summed E-state index contributed by atoms with van der Waals surface area (Å²) in [5.41, 5.74) is 0.896. The zero-order valence-corrected chi connectivity index (χ0v) is 19.6. The van der Waals surface area contributed by atoms with Gasteiger partial charge in [0.25, 0.3) is 5.91 Å². The number of carbonyl (C=O) groups excluding carboxylic acids is 1. The van der Waals surface area contributed by atoms with Crippen LogP contribution in [0.2, 0.25) is 0 Å². The number of likely N-dealkylation sites (tertiary alicyclic amines) is 1. The Morgan fingerprint density at radius 2 is 1.96 bits per heavy atom. The number of hydrogen-bond donors (Lipinski definition) is 2. The minimum absolute atomic E-state index is 0. The predicted octanol–water partition coefficient (Wildman–Crippen LogP) is 3.13. The van der Waals surface area contributed by atoms with Gasteiger partial charge in [-0.25, -0.2) is 0 Å². The summed E-state index contributed by atoms with van der Waals surface area (Å²) in [5, 5.41) is 6.27. The van der Waals surface area contributed by atoms with Crippen molar-refractivity contribution >= 4 is 35.8 Å². The number of carbonyl (C=O) groups is 1. The number of nitrogens with zero attached hydrogens (tertiary/aromatic N) is 2. The summed E-state index contributed by atoms with van der Waals surface area (Å²) in [4.78, 5) is 19.2. The molecule has 1 saturated heterocycles. The van der Waals surface area contributed by atoms with Crippen LogP contribution in [-0.4, -0.2) is 55.6 Å². The summed E-state index contributed by atoms with van der Waals surface area (Å²) in [6.07, 6.45) is 0. The molecule has 27 heavy (non-hydrogen) atoms. The van der Waals surface area contributed by atoms with Crippen molar-refractivity contribution in [3.05, 3.63) is 29.8 Å². The summed E-state index contributed by atoms with van der Waals surface area (Å²) < 4.78 is 5.15. The second kappa shape index (κ2) is 9.61. The monoisotopic (exact) mass is 488 g/mol. The van der Waals surface area contributed by atoms with Crippen molar-refractivity contribution in [3.63, 3.8) is 0 Å². The molecule has 0 spiro atoms. The topological polar surface area (TPSA) is 66.0 Å². The molecule has 0 aliphatic carbocycles. The molecule has 1 fully saturated rings. The Kier molecular flexibility index (Phi) is 8.38. The number of guanidine groups is 1. The smallest absolute Gasteiger partial charge is 0.251 e. The van der Waals surface area contributed by atoms with Gasteiger partial charge in [-0.1, -0.05) is 19.9 Å². The molecule has 0 saturated carbocycles. The van der Waals surface area contributed by atoms with Crippen molar-refractivity contribution in [2.75, 3.05) is 33.3 Å². The lowest BCUT2D eigenvalue weighted by molar-refractivity contribution is -0.0667. The number of benzene rings is 1. The van der Waals surface area contributed by atoms with Gasteiger partial charge in [0, 0.05) is 36.2 Å². The zero-order valence-electron chi connectivity index (χ0n) is 17.3. The maximum Gasteiger partial charge on any atom is 0.251 e. The van der Waals surface area contributed by atoms with E-state index in [0.717, 1.165) is 19.0 Å². The van der Waals surface area contributed by atoms with Crippen LogP contribution in [0.4, 0.5) is 0 Å². The summed E-state index contributed by atoms with van der Waals surface area (Å²) in [5.74, 6) is 1.47. The standard InChI is InChI=1S/C20H32N4O2.HI/c1-7-21-18(24-14-19(2,3)20(24,4)5)23-12-11-22-17(25)15-9-8-10-16(13-15)26-6;/h8-10,13H,7,11-12,14H2,1-6H3,(H,21,23)(H,22,25);1H. The van der Waals surface area contributed by atoms with Gasteiger partial charge in [-0.05, 0) is 39.0 Å². The minimum atomic E-state index is -0.116.